The van der Waals surface area contributed by atoms with Gasteiger partial charge in [-0.1, -0.05) is 41.4 Å². The molecule has 0 bridgehead atoms. The van der Waals surface area contributed by atoms with Gasteiger partial charge in [0.25, 0.3) is 5.91 Å². The van der Waals surface area contributed by atoms with Crippen molar-refractivity contribution in [1.82, 2.24) is 5.43 Å². The number of carbonyl (C=O) groups excluding carboxylic acids is 1. The highest BCUT2D eigenvalue weighted by Gasteiger charge is 2.10. The van der Waals surface area contributed by atoms with E-state index < -0.39 is 5.91 Å². The lowest BCUT2D eigenvalue weighted by Gasteiger charge is -2.03. The Balaban J connectivity index is 2.03. The standard InChI is InChI=1S/C15H13ClN2O2/c1-10-2-4-11(5-3-10)9-17-18-15(20)13-7-6-12(16)8-14(13)19/h2-9,19H,1H3,(H,18,20)/b17-9-. The third-order valence-corrected chi connectivity index (χ3v) is 2.90. The number of hydrazone groups is 1. The minimum atomic E-state index is -0.498. The first kappa shape index (κ1) is 14.1. The Morgan fingerprint density at radius 2 is 1.95 bits per heavy atom. The van der Waals surface area contributed by atoms with Gasteiger partial charge in [0.05, 0.1) is 11.8 Å². The average molecular weight is 289 g/mol. The molecule has 0 fully saturated rings. The van der Waals surface area contributed by atoms with E-state index in [9.17, 15) is 9.90 Å². The molecule has 0 unspecified atom stereocenters. The van der Waals surface area contributed by atoms with Crippen LogP contribution in [0, 0.1) is 6.92 Å². The number of benzene rings is 2. The number of aromatic hydroxyl groups is 1. The second-order valence-electron chi connectivity index (χ2n) is 4.27. The van der Waals surface area contributed by atoms with Gasteiger partial charge < -0.3 is 5.11 Å². The Bertz CT molecular complexity index is 651. The van der Waals surface area contributed by atoms with E-state index in [4.69, 9.17) is 11.6 Å². The molecule has 0 aliphatic carbocycles. The summed E-state index contributed by atoms with van der Waals surface area (Å²) in [5.41, 5.74) is 4.49. The number of rotatable bonds is 3. The molecular formula is C15H13ClN2O2. The van der Waals surface area contributed by atoms with Gasteiger partial charge in [0, 0.05) is 5.02 Å². The average Bonchev–Trinajstić information content (AvgIpc) is 2.41. The smallest absolute Gasteiger partial charge is 0.275 e. The number of carbonyl (C=O) groups is 1. The first-order chi connectivity index (χ1) is 9.56. The summed E-state index contributed by atoms with van der Waals surface area (Å²) in [4.78, 5) is 11.8. The van der Waals surface area contributed by atoms with Gasteiger partial charge >= 0.3 is 0 Å². The number of phenolic OH excluding ortho intramolecular Hbond substituents is 1. The van der Waals surface area contributed by atoms with Gasteiger partial charge in [-0.2, -0.15) is 5.10 Å². The van der Waals surface area contributed by atoms with Crippen LogP contribution in [0.1, 0.15) is 21.5 Å². The molecule has 0 heterocycles. The molecule has 0 aliphatic rings. The fourth-order valence-electron chi connectivity index (χ4n) is 1.57. The maximum Gasteiger partial charge on any atom is 0.275 e. The Kier molecular flexibility index (Phi) is 4.38. The van der Waals surface area contributed by atoms with Crippen molar-refractivity contribution in [3.8, 4) is 5.75 Å². The van der Waals surface area contributed by atoms with E-state index in [1.807, 2.05) is 31.2 Å². The Hall–Kier alpha value is -2.33. The van der Waals surface area contributed by atoms with E-state index in [1.165, 1.54) is 24.4 Å². The lowest BCUT2D eigenvalue weighted by Crippen LogP contribution is -2.17. The molecule has 1 amide bonds. The lowest BCUT2D eigenvalue weighted by molar-refractivity contribution is 0.0952. The van der Waals surface area contributed by atoms with E-state index >= 15 is 0 Å². The van der Waals surface area contributed by atoms with Gasteiger partial charge in [-0.15, -0.1) is 0 Å². The predicted molar refractivity (Wildman–Crippen MR) is 79.4 cm³/mol. The number of nitrogens with one attached hydrogen (secondary N) is 1. The molecule has 2 N–H and O–H groups in total. The van der Waals surface area contributed by atoms with Crippen LogP contribution >= 0.6 is 11.6 Å². The highest BCUT2D eigenvalue weighted by molar-refractivity contribution is 6.30. The zero-order chi connectivity index (χ0) is 14.5. The molecule has 0 spiro atoms. The van der Waals surface area contributed by atoms with Crippen molar-refractivity contribution in [2.24, 2.45) is 5.10 Å². The van der Waals surface area contributed by atoms with Crippen LogP contribution in [0.2, 0.25) is 5.02 Å². The normalized spacial score (nSPS) is 10.7. The highest BCUT2D eigenvalue weighted by atomic mass is 35.5. The fourth-order valence-corrected chi connectivity index (χ4v) is 1.74. The molecule has 0 saturated carbocycles. The van der Waals surface area contributed by atoms with E-state index in [0.717, 1.165) is 11.1 Å². The number of amides is 1. The first-order valence-electron chi connectivity index (χ1n) is 5.95. The molecule has 5 heteroatoms. The van der Waals surface area contributed by atoms with E-state index in [-0.39, 0.29) is 11.3 Å². The summed E-state index contributed by atoms with van der Waals surface area (Å²) in [6.07, 6.45) is 1.53. The molecule has 0 atom stereocenters. The van der Waals surface area contributed by atoms with Crippen molar-refractivity contribution in [1.29, 1.82) is 0 Å². The van der Waals surface area contributed by atoms with Crippen LogP contribution in [-0.4, -0.2) is 17.2 Å². The molecule has 102 valence electrons. The minimum Gasteiger partial charge on any atom is -0.507 e. The summed E-state index contributed by atoms with van der Waals surface area (Å²) in [7, 11) is 0. The zero-order valence-electron chi connectivity index (χ0n) is 10.8. The Morgan fingerprint density at radius 3 is 2.60 bits per heavy atom. The molecule has 0 radical (unpaired) electrons. The summed E-state index contributed by atoms with van der Waals surface area (Å²) in [6.45, 7) is 1.99. The predicted octanol–water partition coefficient (Wildman–Crippen LogP) is 3.12. The highest BCUT2D eigenvalue weighted by Crippen LogP contribution is 2.21. The Morgan fingerprint density at radius 1 is 1.25 bits per heavy atom. The third kappa shape index (κ3) is 3.59. The van der Waals surface area contributed by atoms with Gasteiger partial charge in [-0.05, 0) is 30.7 Å². The van der Waals surface area contributed by atoms with Crippen molar-refractivity contribution in [2.75, 3.05) is 0 Å². The van der Waals surface area contributed by atoms with E-state index in [1.54, 1.807) is 0 Å². The molecular weight excluding hydrogens is 276 g/mol. The molecule has 0 aromatic heterocycles. The topological polar surface area (TPSA) is 61.7 Å². The van der Waals surface area contributed by atoms with Gasteiger partial charge in [0.2, 0.25) is 0 Å². The summed E-state index contributed by atoms with van der Waals surface area (Å²) in [5, 5.41) is 13.8. The van der Waals surface area contributed by atoms with Crippen molar-refractivity contribution in [3.63, 3.8) is 0 Å². The van der Waals surface area contributed by atoms with Gasteiger partial charge in [-0.25, -0.2) is 5.43 Å². The Labute approximate surface area is 121 Å². The van der Waals surface area contributed by atoms with E-state index in [0.29, 0.717) is 5.02 Å². The molecule has 0 saturated heterocycles. The van der Waals surface area contributed by atoms with Crippen molar-refractivity contribution in [3.05, 3.63) is 64.2 Å². The molecule has 2 aromatic carbocycles. The van der Waals surface area contributed by atoms with Crippen LogP contribution in [0.4, 0.5) is 0 Å². The van der Waals surface area contributed by atoms with Crippen LogP contribution in [0.3, 0.4) is 0 Å². The van der Waals surface area contributed by atoms with Gasteiger partial charge in [0.15, 0.2) is 0 Å². The van der Waals surface area contributed by atoms with Gasteiger partial charge in [-0.3, -0.25) is 4.79 Å². The number of nitrogens with zero attached hydrogens (tertiary/aromatic N) is 1. The molecule has 2 rings (SSSR count). The summed E-state index contributed by atoms with van der Waals surface area (Å²) in [6, 6.07) is 12.0. The largest absolute Gasteiger partial charge is 0.507 e. The summed E-state index contributed by atoms with van der Waals surface area (Å²) in [5.74, 6) is -0.678. The second-order valence-corrected chi connectivity index (χ2v) is 4.71. The number of halogens is 1. The van der Waals surface area contributed by atoms with Crippen molar-refractivity contribution < 1.29 is 9.90 Å². The third-order valence-electron chi connectivity index (χ3n) is 2.66. The van der Waals surface area contributed by atoms with Crippen molar-refractivity contribution >= 4 is 23.7 Å². The maximum atomic E-state index is 11.8. The fraction of sp³-hybridized carbons (Fsp3) is 0.0667. The molecule has 20 heavy (non-hydrogen) atoms. The lowest BCUT2D eigenvalue weighted by atomic mass is 10.2. The molecule has 0 aliphatic heterocycles. The molecule has 4 nitrogen and oxygen atoms in total. The van der Waals surface area contributed by atoms with Crippen molar-refractivity contribution in [2.45, 2.75) is 6.92 Å². The first-order valence-corrected chi connectivity index (χ1v) is 6.32. The van der Waals surface area contributed by atoms with Crippen LogP contribution in [0.25, 0.3) is 0 Å². The van der Waals surface area contributed by atoms with Crippen LogP contribution < -0.4 is 5.43 Å². The van der Waals surface area contributed by atoms with E-state index in [2.05, 4.69) is 10.5 Å². The minimum absolute atomic E-state index is 0.121. The summed E-state index contributed by atoms with van der Waals surface area (Å²) >= 11 is 5.70. The van der Waals surface area contributed by atoms with Crippen LogP contribution in [0.15, 0.2) is 47.6 Å². The molecule has 2 aromatic rings. The quantitative estimate of drug-likeness (QED) is 0.673. The maximum absolute atomic E-state index is 11.8. The number of hydrogen-bond donors (Lipinski definition) is 2. The number of phenols is 1. The van der Waals surface area contributed by atoms with Crippen LogP contribution in [0.5, 0.6) is 5.75 Å². The van der Waals surface area contributed by atoms with Gasteiger partial charge in [0.1, 0.15) is 5.75 Å². The number of aryl methyl sites for hydroxylation is 1. The zero-order valence-corrected chi connectivity index (χ0v) is 11.6. The second kappa shape index (κ2) is 6.21. The SMILES string of the molecule is Cc1ccc(/C=N\NC(=O)c2ccc(Cl)cc2O)cc1. The number of hydrogen-bond acceptors (Lipinski definition) is 3. The summed E-state index contributed by atoms with van der Waals surface area (Å²) < 4.78 is 0. The van der Waals surface area contributed by atoms with Crippen LogP contribution in [-0.2, 0) is 0 Å². The monoisotopic (exact) mass is 288 g/mol.